The lowest BCUT2D eigenvalue weighted by molar-refractivity contribution is -0.126. The SMILES string of the molecule is CC(NC(=O)C1CCCN(S(=O)(=O)c2ccc(-c3ccn[nH]3)o2)C1)c1ccccc1. The Balaban J connectivity index is 1.44. The molecule has 3 heterocycles. The van der Waals surface area contributed by atoms with Crippen LogP contribution < -0.4 is 5.32 Å². The van der Waals surface area contributed by atoms with Crippen LogP contribution in [0.15, 0.2) is 64.2 Å². The largest absolute Gasteiger partial charge is 0.442 e. The molecule has 4 rings (SSSR count). The minimum Gasteiger partial charge on any atom is -0.442 e. The molecular weight excluding hydrogens is 404 g/mol. The van der Waals surface area contributed by atoms with Crippen LogP contribution in [0.5, 0.6) is 0 Å². The number of benzene rings is 1. The third-order valence-corrected chi connectivity index (χ3v) is 7.09. The molecule has 2 aromatic heterocycles. The van der Waals surface area contributed by atoms with Gasteiger partial charge in [0.05, 0.1) is 12.0 Å². The van der Waals surface area contributed by atoms with E-state index < -0.39 is 15.9 Å². The fourth-order valence-corrected chi connectivity index (χ4v) is 5.09. The molecule has 1 saturated heterocycles. The van der Waals surface area contributed by atoms with Gasteiger partial charge in [-0.15, -0.1) is 0 Å². The summed E-state index contributed by atoms with van der Waals surface area (Å²) in [6.45, 7) is 2.42. The van der Waals surface area contributed by atoms with E-state index in [9.17, 15) is 13.2 Å². The number of aromatic amines is 1. The summed E-state index contributed by atoms with van der Waals surface area (Å²) in [5, 5.41) is 9.46. The molecule has 0 spiro atoms. The zero-order chi connectivity index (χ0) is 21.1. The average Bonchev–Trinajstić information content (AvgIpc) is 3.46. The van der Waals surface area contributed by atoms with Gasteiger partial charge in [0.25, 0.3) is 10.0 Å². The molecule has 8 nitrogen and oxygen atoms in total. The van der Waals surface area contributed by atoms with E-state index in [1.807, 2.05) is 37.3 Å². The molecule has 2 N–H and O–H groups in total. The lowest BCUT2D eigenvalue weighted by Gasteiger charge is -2.31. The topological polar surface area (TPSA) is 108 Å². The molecule has 0 aliphatic carbocycles. The van der Waals surface area contributed by atoms with Gasteiger partial charge >= 0.3 is 0 Å². The molecule has 1 fully saturated rings. The molecule has 158 valence electrons. The zero-order valence-electron chi connectivity index (χ0n) is 16.6. The van der Waals surface area contributed by atoms with Gasteiger partial charge in [0.1, 0.15) is 5.69 Å². The predicted octanol–water partition coefficient (Wildman–Crippen LogP) is 2.95. The minimum atomic E-state index is -3.83. The Bertz CT molecular complexity index is 1090. The molecular formula is C21H24N4O4S. The number of carbonyl (C=O) groups excluding carboxylic acids is 1. The van der Waals surface area contributed by atoms with Gasteiger partial charge in [-0.3, -0.25) is 9.89 Å². The Hall–Kier alpha value is -2.91. The summed E-state index contributed by atoms with van der Waals surface area (Å²) in [6.07, 6.45) is 2.83. The van der Waals surface area contributed by atoms with E-state index in [1.54, 1.807) is 18.3 Å². The number of piperidine rings is 1. The standard InChI is InChI=1S/C21H24N4O4S/c1-15(16-6-3-2-4-7-16)23-21(26)17-8-5-13-25(14-17)30(27,28)20-10-9-19(29-20)18-11-12-22-24-18/h2-4,6-7,9-12,15,17H,5,8,13-14H2,1H3,(H,22,24)(H,23,26). The van der Waals surface area contributed by atoms with Gasteiger partial charge in [-0.05, 0) is 43.5 Å². The number of rotatable bonds is 6. The third-order valence-electron chi connectivity index (χ3n) is 5.35. The molecule has 0 bridgehead atoms. The summed E-state index contributed by atoms with van der Waals surface area (Å²) < 4.78 is 33.0. The first kappa shape index (κ1) is 20.4. The molecule has 3 aromatic rings. The van der Waals surface area contributed by atoms with Crippen LogP contribution >= 0.6 is 0 Å². The highest BCUT2D eigenvalue weighted by Crippen LogP contribution is 2.28. The molecule has 1 amide bonds. The number of hydrogen-bond donors (Lipinski definition) is 2. The third kappa shape index (κ3) is 4.17. The van der Waals surface area contributed by atoms with Crippen molar-refractivity contribution in [3.05, 3.63) is 60.3 Å². The first-order valence-electron chi connectivity index (χ1n) is 9.90. The lowest BCUT2D eigenvalue weighted by Crippen LogP contribution is -2.45. The van der Waals surface area contributed by atoms with E-state index in [-0.39, 0.29) is 23.6 Å². The van der Waals surface area contributed by atoms with Gasteiger partial charge in [0.15, 0.2) is 5.76 Å². The van der Waals surface area contributed by atoms with Gasteiger partial charge < -0.3 is 9.73 Å². The van der Waals surface area contributed by atoms with Crippen LogP contribution in [0, 0.1) is 5.92 Å². The number of furan rings is 1. The van der Waals surface area contributed by atoms with Crippen molar-refractivity contribution < 1.29 is 17.6 Å². The van der Waals surface area contributed by atoms with E-state index in [0.717, 1.165) is 5.56 Å². The van der Waals surface area contributed by atoms with Crippen LogP contribution in [0.4, 0.5) is 0 Å². The van der Waals surface area contributed by atoms with Gasteiger partial charge in [0.2, 0.25) is 11.0 Å². The number of carbonyl (C=O) groups is 1. The molecule has 0 saturated carbocycles. The van der Waals surface area contributed by atoms with E-state index in [4.69, 9.17) is 4.42 Å². The first-order valence-corrected chi connectivity index (χ1v) is 11.3. The van der Waals surface area contributed by atoms with Crippen LogP contribution in [0.2, 0.25) is 0 Å². The quantitative estimate of drug-likeness (QED) is 0.628. The summed E-state index contributed by atoms with van der Waals surface area (Å²) in [4.78, 5) is 12.8. The Morgan fingerprint density at radius 3 is 2.77 bits per heavy atom. The maximum atomic E-state index is 13.1. The number of nitrogens with one attached hydrogen (secondary N) is 2. The summed E-state index contributed by atoms with van der Waals surface area (Å²) in [5.74, 6) is -0.139. The van der Waals surface area contributed by atoms with Crippen molar-refractivity contribution in [3.63, 3.8) is 0 Å². The van der Waals surface area contributed by atoms with E-state index in [0.29, 0.717) is 30.8 Å². The Kier molecular flexibility index (Phi) is 5.74. The fourth-order valence-electron chi connectivity index (χ4n) is 3.65. The zero-order valence-corrected chi connectivity index (χ0v) is 17.4. The monoisotopic (exact) mass is 428 g/mol. The van der Waals surface area contributed by atoms with Crippen molar-refractivity contribution in [2.45, 2.75) is 30.9 Å². The van der Waals surface area contributed by atoms with Gasteiger partial charge in [-0.2, -0.15) is 9.40 Å². The van der Waals surface area contributed by atoms with E-state index >= 15 is 0 Å². The smallest absolute Gasteiger partial charge is 0.276 e. The van der Waals surface area contributed by atoms with Crippen LogP contribution in [-0.4, -0.2) is 41.9 Å². The van der Waals surface area contributed by atoms with Crippen molar-refractivity contribution in [1.29, 1.82) is 0 Å². The molecule has 1 aliphatic rings. The molecule has 30 heavy (non-hydrogen) atoms. The van der Waals surface area contributed by atoms with Crippen LogP contribution in [-0.2, 0) is 14.8 Å². The normalized spacial score (nSPS) is 18.8. The van der Waals surface area contributed by atoms with Crippen molar-refractivity contribution in [2.75, 3.05) is 13.1 Å². The molecule has 2 atom stereocenters. The summed E-state index contributed by atoms with van der Waals surface area (Å²) in [5.41, 5.74) is 1.61. The highest BCUT2D eigenvalue weighted by molar-refractivity contribution is 7.89. The van der Waals surface area contributed by atoms with Crippen LogP contribution in [0.1, 0.15) is 31.4 Å². The Morgan fingerprint density at radius 2 is 2.03 bits per heavy atom. The van der Waals surface area contributed by atoms with Crippen molar-refractivity contribution in [2.24, 2.45) is 5.92 Å². The summed E-state index contributed by atoms with van der Waals surface area (Å²) >= 11 is 0. The molecule has 1 aliphatic heterocycles. The minimum absolute atomic E-state index is 0.134. The van der Waals surface area contributed by atoms with E-state index in [2.05, 4.69) is 15.5 Å². The predicted molar refractivity (Wildman–Crippen MR) is 111 cm³/mol. The number of hydrogen-bond acceptors (Lipinski definition) is 5. The fraction of sp³-hybridized carbons (Fsp3) is 0.333. The van der Waals surface area contributed by atoms with Crippen LogP contribution in [0.3, 0.4) is 0 Å². The van der Waals surface area contributed by atoms with Gasteiger partial charge in [0, 0.05) is 19.3 Å². The average molecular weight is 429 g/mol. The van der Waals surface area contributed by atoms with Crippen LogP contribution in [0.25, 0.3) is 11.5 Å². The summed E-state index contributed by atoms with van der Waals surface area (Å²) in [6, 6.07) is 14.3. The van der Waals surface area contributed by atoms with Gasteiger partial charge in [-0.1, -0.05) is 30.3 Å². The first-order chi connectivity index (χ1) is 14.4. The molecule has 2 unspecified atom stereocenters. The number of nitrogens with zero attached hydrogens (tertiary/aromatic N) is 2. The second-order valence-electron chi connectivity index (χ2n) is 7.43. The maximum Gasteiger partial charge on any atom is 0.276 e. The number of aromatic nitrogens is 2. The van der Waals surface area contributed by atoms with Crippen molar-refractivity contribution in [1.82, 2.24) is 19.8 Å². The number of sulfonamides is 1. The number of H-pyrrole nitrogens is 1. The number of amides is 1. The lowest BCUT2D eigenvalue weighted by atomic mass is 9.98. The highest BCUT2D eigenvalue weighted by atomic mass is 32.2. The molecule has 9 heteroatoms. The second-order valence-corrected chi connectivity index (χ2v) is 9.30. The maximum absolute atomic E-state index is 13.1. The van der Waals surface area contributed by atoms with E-state index in [1.165, 1.54) is 10.4 Å². The van der Waals surface area contributed by atoms with Crippen molar-refractivity contribution in [3.8, 4) is 11.5 Å². The summed E-state index contributed by atoms with van der Waals surface area (Å²) in [7, 11) is -3.83. The molecule has 1 aromatic carbocycles. The highest BCUT2D eigenvalue weighted by Gasteiger charge is 2.35. The second kappa shape index (κ2) is 8.45. The Morgan fingerprint density at radius 1 is 1.23 bits per heavy atom. The Labute approximate surface area is 175 Å². The molecule has 0 radical (unpaired) electrons. The van der Waals surface area contributed by atoms with Gasteiger partial charge in [-0.25, -0.2) is 8.42 Å². The van der Waals surface area contributed by atoms with Crippen molar-refractivity contribution >= 4 is 15.9 Å².